The van der Waals surface area contributed by atoms with Gasteiger partial charge in [0.25, 0.3) is 0 Å². The van der Waals surface area contributed by atoms with Crippen LogP contribution in [0, 0.1) is 5.92 Å². The molecule has 0 aliphatic carbocycles. The first-order chi connectivity index (χ1) is 8.21. The molecule has 0 rings (SSSR count). The molecule has 0 amide bonds. The van der Waals surface area contributed by atoms with Gasteiger partial charge in [0.1, 0.15) is 13.4 Å². The fourth-order valence-electron chi connectivity index (χ4n) is 3.01. The lowest BCUT2D eigenvalue weighted by atomic mass is 9.36. The predicted molar refractivity (Wildman–Crippen MR) is 86.1 cm³/mol. The number of hydrogen-bond donors (Lipinski definition) is 0. The Morgan fingerprint density at radius 1 is 0.706 bits per heavy atom. The van der Waals surface area contributed by atoms with Crippen molar-refractivity contribution in [2.45, 2.75) is 91.8 Å². The molecular formula is C15H34B2. The SMILES string of the molecule is CCCCC(CB(CC)CC)CB(CC)CC. The fraction of sp³-hybridized carbons (Fsp3) is 1.00. The molecule has 0 nitrogen and oxygen atoms in total. The second-order valence-electron chi connectivity index (χ2n) is 5.84. The Labute approximate surface area is 111 Å². The van der Waals surface area contributed by atoms with Crippen molar-refractivity contribution in [2.24, 2.45) is 5.92 Å². The third-order valence-corrected chi connectivity index (χ3v) is 4.61. The van der Waals surface area contributed by atoms with E-state index in [1.54, 1.807) is 0 Å². The quantitative estimate of drug-likeness (QED) is 0.394. The molecule has 0 aromatic carbocycles. The van der Waals surface area contributed by atoms with Crippen molar-refractivity contribution in [3.63, 3.8) is 0 Å². The lowest BCUT2D eigenvalue weighted by Crippen LogP contribution is -2.21. The summed E-state index contributed by atoms with van der Waals surface area (Å²) in [5.74, 6) is 1.00. The Morgan fingerprint density at radius 2 is 1.12 bits per heavy atom. The molecule has 0 aromatic rings. The Balaban J connectivity index is 4.19. The van der Waals surface area contributed by atoms with Crippen molar-refractivity contribution in [3.8, 4) is 0 Å². The van der Waals surface area contributed by atoms with Crippen molar-refractivity contribution in [1.82, 2.24) is 0 Å². The largest absolute Gasteiger partial charge is 0.139 e. The lowest BCUT2D eigenvalue weighted by molar-refractivity contribution is 0.539. The van der Waals surface area contributed by atoms with E-state index in [1.165, 1.54) is 57.2 Å². The third-order valence-electron chi connectivity index (χ3n) is 4.61. The highest BCUT2D eigenvalue weighted by molar-refractivity contribution is 6.60. The highest BCUT2D eigenvalue weighted by Gasteiger charge is 2.20. The predicted octanol–water partition coefficient (Wildman–Crippen LogP) is 5.86. The van der Waals surface area contributed by atoms with Gasteiger partial charge in [0, 0.05) is 0 Å². The standard InChI is InChI=1S/C15H34B2/c1-6-11-12-15(13-16(7-2)8-3)14-17(9-4)10-5/h15H,6-14H2,1-5H3. The van der Waals surface area contributed by atoms with E-state index in [1.807, 2.05) is 0 Å². The second kappa shape index (κ2) is 11.2. The van der Waals surface area contributed by atoms with Gasteiger partial charge in [-0.3, -0.25) is 0 Å². The number of unbranched alkanes of at least 4 members (excludes halogenated alkanes) is 1. The first kappa shape index (κ1) is 17.1. The number of hydrogen-bond acceptors (Lipinski definition) is 0. The molecule has 0 spiro atoms. The third kappa shape index (κ3) is 7.95. The van der Waals surface area contributed by atoms with E-state index in [9.17, 15) is 0 Å². The summed E-state index contributed by atoms with van der Waals surface area (Å²) < 4.78 is 0. The van der Waals surface area contributed by atoms with E-state index in [-0.39, 0.29) is 0 Å². The van der Waals surface area contributed by atoms with Crippen LogP contribution in [0.2, 0.25) is 37.9 Å². The highest BCUT2D eigenvalue weighted by Crippen LogP contribution is 2.26. The van der Waals surface area contributed by atoms with Crippen LogP contribution in [0.15, 0.2) is 0 Å². The molecule has 100 valence electrons. The van der Waals surface area contributed by atoms with Crippen molar-refractivity contribution < 1.29 is 0 Å². The van der Waals surface area contributed by atoms with Crippen LogP contribution in [-0.2, 0) is 0 Å². The monoisotopic (exact) mass is 236 g/mol. The molecule has 0 fully saturated rings. The van der Waals surface area contributed by atoms with Gasteiger partial charge in [-0.05, 0) is 0 Å². The van der Waals surface area contributed by atoms with E-state index in [2.05, 4.69) is 34.6 Å². The molecule has 0 aliphatic rings. The molecule has 0 heterocycles. The van der Waals surface area contributed by atoms with E-state index in [0.29, 0.717) is 0 Å². The van der Waals surface area contributed by atoms with E-state index >= 15 is 0 Å². The topological polar surface area (TPSA) is 0 Å². The van der Waals surface area contributed by atoms with Crippen LogP contribution >= 0.6 is 0 Å². The van der Waals surface area contributed by atoms with Gasteiger partial charge in [-0.15, -0.1) is 0 Å². The molecule has 17 heavy (non-hydrogen) atoms. The summed E-state index contributed by atoms with van der Waals surface area (Å²) in [4.78, 5) is 0. The molecule has 0 N–H and O–H groups in total. The summed E-state index contributed by atoms with van der Waals surface area (Å²) in [5, 5.41) is 0. The van der Waals surface area contributed by atoms with Crippen LogP contribution in [0.25, 0.3) is 0 Å². The molecule has 0 bridgehead atoms. The van der Waals surface area contributed by atoms with Crippen molar-refractivity contribution in [1.29, 1.82) is 0 Å². The normalized spacial score (nSPS) is 10.9. The molecule has 0 aromatic heterocycles. The van der Waals surface area contributed by atoms with Crippen molar-refractivity contribution in [2.75, 3.05) is 0 Å². The smallest absolute Gasteiger partial charge is 0.0770 e. The first-order valence-corrected chi connectivity index (χ1v) is 8.21. The molecule has 2 heteroatoms. The maximum absolute atomic E-state index is 2.36. The zero-order chi connectivity index (χ0) is 13.1. The summed E-state index contributed by atoms with van der Waals surface area (Å²) in [5.41, 5.74) is 0. The van der Waals surface area contributed by atoms with Crippen LogP contribution in [0.1, 0.15) is 53.9 Å². The van der Waals surface area contributed by atoms with Gasteiger partial charge < -0.3 is 0 Å². The molecule has 0 aliphatic heterocycles. The second-order valence-corrected chi connectivity index (χ2v) is 5.84. The lowest BCUT2D eigenvalue weighted by Gasteiger charge is -2.23. The summed E-state index contributed by atoms with van der Waals surface area (Å²) in [6.07, 6.45) is 12.8. The van der Waals surface area contributed by atoms with E-state index < -0.39 is 0 Å². The van der Waals surface area contributed by atoms with Crippen LogP contribution in [0.5, 0.6) is 0 Å². The molecule has 0 atom stereocenters. The van der Waals surface area contributed by atoms with Gasteiger partial charge in [-0.2, -0.15) is 0 Å². The Hall–Kier alpha value is 0.130. The molecule has 0 saturated carbocycles. The summed E-state index contributed by atoms with van der Waals surface area (Å²) in [7, 11) is 0. The zero-order valence-corrected chi connectivity index (χ0v) is 13.1. The molecular weight excluding hydrogens is 202 g/mol. The van der Waals surface area contributed by atoms with Gasteiger partial charge >= 0.3 is 0 Å². The minimum Gasteiger partial charge on any atom is -0.0770 e. The average molecular weight is 236 g/mol. The Morgan fingerprint density at radius 3 is 1.41 bits per heavy atom. The summed E-state index contributed by atoms with van der Waals surface area (Å²) >= 11 is 0. The maximum Gasteiger partial charge on any atom is 0.139 e. The Bertz CT molecular complexity index is 137. The van der Waals surface area contributed by atoms with Gasteiger partial charge in [-0.1, -0.05) is 97.7 Å². The maximum atomic E-state index is 2.36. The van der Waals surface area contributed by atoms with Crippen LogP contribution in [-0.4, -0.2) is 13.4 Å². The van der Waals surface area contributed by atoms with Gasteiger partial charge in [0.05, 0.1) is 0 Å². The van der Waals surface area contributed by atoms with Gasteiger partial charge in [0.2, 0.25) is 0 Å². The minimum atomic E-state index is 0.978. The first-order valence-electron chi connectivity index (χ1n) is 8.21. The zero-order valence-electron chi connectivity index (χ0n) is 13.1. The van der Waals surface area contributed by atoms with E-state index in [4.69, 9.17) is 0 Å². The fourth-order valence-corrected chi connectivity index (χ4v) is 3.01. The van der Waals surface area contributed by atoms with Crippen LogP contribution < -0.4 is 0 Å². The van der Waals surface area contributed by atoms with Crippen LogP contribution in [0.4, 0.5) is 0 Å². The van der Waals surface area contributed by atoms with Crippen LogP contribution in [0.3, 0.4) is 0 Å². The van der Waals surface area contributed by atoms with Gasteiger partial charge in [0.15, 0.2) is 0 Å². The van der Waals surface area contributed by atoms with Crippen molar-refractivity contribution >= 4 is 13.4 Å². The molecule has 0 radical (unpaired) electrons. The number of rotatable bonds is 11. The van der Waals surface area contributed by atoms with Crippen molar-refractivity contribution in [3.05, 3.63) is 0 Å². The summed E-state index contributed by atoms with van der Waals surface area (Å²) in [6.45, 7) is 13.7. The van der Waals surface area contributed by atoms with Gasteiger partial charge in [-0.25, -0.2) is 0 Å². The summed E-state index contributed by atoms with van der Waals surface area (Å²) in [6, 6.07) is 0. The highest BCUT2D eigenvalue weighted by atomic mass is 14.1. The molecule has 0 saturated heterocycles. The Kier molecular flexibility index (Phi) is 11.3. The average Bonchev–Trinajstić information content (AvgIpc) is 2.38. The molecule has 0 unspecified atom stereocenters. The minimum absolute atomic E-state index is 0.978. The van der Waals surface area contributed by atoms with E-state index in [0.717, 1.165) is 19.3 Å².